The summed E-state index contributed by atoms with van der Waals surface area (Å²) in [5.74, 6) is 0.525. The Morgan fingerprint density at radius 1 is 1.19 bits per heavy atom. The normalized spacial score (nSPS) is 17.0. The number of nitrogens with one attached hydrogen (secondary N) is 2. The third-order valence-corrected chi connectivity index (χ3v) is 3.29. The van der Waals surface area contributed by atoms with Crippen LogP contribution in [0.1, 0.15) is 25.8 Å². The van der Waals surface area contributed by atoms with Gasteiger partial charge < -0.3 is 10.6 Å². The summed E-state index contributed by atoms with van der Waals surface area (Å²) in [5.41, 5.74) is 5.53. The first-order chi connectivity index (χ1) is 10.0. The van der Waals surface area contributed by atoms with Crippen molar-refractivity contribution in [3.63, 3.8) is 0 Å². The standard InChI is InChI=1S/C19H24N2/c1-14(2)20-18-9-5-7-16(12-18)11-17-8-6-10-19(13-17)21-15(3)4/h5-7,9-10,12-13,17,20-21H,1,3,8,11H2,2,4H3. The molecule has 2 rings (SSSR count). The summed E-state index contributed by atoms with van der Waals surface area (Å²) >= 11 is 0. The summed E-state index contributed by atoms with van der Waals surface area (Å²) in [7, 11) is 0. The average molecular weight is 280 g/mol. The molecule has 21 heavy (non-hydrogen) atoms. The van der Waals surface area contributed by atoms with E-state index in [1.807, 2.05) is 13.8 Å². The third kappa shape index (κ3) is 4.99. The van der Waals surface area contributed by atoms with Gasteiger partial charge in [-0.2, -0.15) is 0 Å². The number of hydrogen-bond acceptors (Lipinski definition) is 2. The average Bonchev–Trinajstić information content (AvgIpc) is 2.37. The van der Waals surface area contributed by atoms with E-state index >= 15 is 0 Å². The Morgan fingerprint density at radius 3 is 2.67 bits per heavy atom. The van der Waals surface area contributed by atoms with Crippen LogP contribution >= 0.6 is 0 Å². The molecule has 0 aliphatic heterocycles. The summed E-state index contributed by atoms with van der Waals surface area (Å²) in [6, 6.07) is 8.55. The molecule has 2 heteroatoms. The van der Waals surface area contributed by atoms with Crippen LogP contribution in [0.3, 0.4) is 0 Å². The van der Waals surface area contributed by atoms with E-state index in [9.17, 15) is 0 Å². The van der Waals surface area contributed by atoms with E-state index < -0.39 is 0 Å². The molecule has 0 radical (unpaired) electrons. The van der Waals surface area contributed by atoms with Crippen LogP contribution in [0, 0.1) is 5.92 Å². The molecule has 1 aliphatic carbocycles. The fraction of sp³-hybridized carbons (Fsp3) is 0.263. The highest BCUT2D eigenvalue weighted by atomic mass is 14.9. The van der Waals surface area contributed by atoms with Crippen LogP contribution in [0.4, 0.5) is 5.69 Å². The van der Waals surface area contributed by atoms with Gasteiger partial charge in [-0.1, -0.05) is 37.4 Å². The van der Waals surface area contributed by atoms with Gasteiger partial charge >= 0.3 is 0 Å². The van der Waals surface area contributed by atoms with E-state index in [0.717, 1.165) is 35.6 Å². The molecule has 0 saturated heterocycles. The number of anilines is 1. The zero-order chi connectivity index (χ0) is 15.2. The fourth-order valence-electron chi connectivity index (χ4n) is 2.54. The fourth-order valence-corrected chi connectivity index (χ4v) is 2.54. The maximum Gasteiger partial charge on any atom is 0.0384 e. The predicted molar refractivity (Wildman–Crippen MR) is 91.9 cm³/mol. The first-order valence-corrected chi connectivity index (χ1v) is 7.35. The molecule has 1 unspecified atom stereocenters. The first-order valence-electron chi connectivity index (χ1n) is 7.35. The molecule has 110 valence electrons. The van der Waals surface area contributed by atoms with Crippen molar-refractivity contribution >= 4 is 5.69 Å². The maximum atomic E-state index is 3.90. The second-order valence-corrected chi connectivity index (χ2v) is 5.74. The van der Waals surface area contributed by atoms with E-state index in [-0.39, 0.29) is 0 Å². The molecule has 2 nitrogen and oxygen atoms in total. The second-order valence-electron chi connectivity index (χ2n) is 5.74. The van der Waals surface area contributed by atoms with Gasteiger partial charge in [0.2, 0.25) is 0 Å². The molecular formula is C19H24N2. The lowest BCUT2D eigenvalue weighted by Gasteiger charge is -2.18. The molecule has 0 spiro atoms. The topological polar surface area (TPSA) is 24.1 Å². The Morgan fingerprint density at radius 2 is 1.95 bits per heavy atom. The molecule has 2 N–H and O–H groups in total. The quantitative estimate of drug-likeness (QED) is 0.785. The zero-order valence-corrected chi connectivity index (χ0v) is 12.9. The molecule has 1 aliphatic rings. The van der Waals surface area contributed by atoms with Crippen molar-refractivity contribution in [1.82, 2.24) is 5.32 Å². The maximum absolute atomic E-state index is 3.90. The Labute approximate surface area is 128 Å². The lowest BCUT2D eigenvalue weighted by Crippen LogP contribution is -2.13. The van der Waals surface area contributed by atoms with E-state index in [1.165, 1.54) is 5.56 Å². The van der Waals surface area contributed by atoms with Crippen LogP contribution in [0.5, 0.6) is 0 Å². The lowest BCUT2D eigenvalue weighted by atomic mass is 9.92. The second kappa shape index (κ2) is 6.98. The molecule has 1 aromatic carbocycles. The zero-order valence-electron chi connectivity index (χ0n) is 12.9. The molecule has 0 saturated carbocycles. The lowest BCUT2D eigenvalue weighted by molar-refractivity contribution is 0.642. The van der Waals surface area contributed by atoms with Crippen molar-refractivity contribution in [3.8, 4) is 0 Å². The van der Waals surface area contributed by atoms with Crippen molar-refractivity contribution in [1.29, 1.82) is 0 Å². The predicted octanol–water partition coefficient (Wildman–Crippen LogP) is 4.76. The first kappa shape index (κ1) is 15.2. The Bertz CT molecular complexity index is 593. The van der Waals surface area contributed by atoms with Crippen LogP contribution in [0.25, 0.3) is 0 Å². The monoisotopic (exact) mass is 280 g/mol. The van der Waals surface area contributed by atoms with Gasteiger partial charge in [0, 0.05) is 22.8 Å². The largest absolute Gasteiger partial charge is 0.360 e. The minimum atomic E-state index is 0.525. The van der Waals surface area contributed by atoms with Crippen LogP contribution < -0.4 is 10.6 Å². The molecule has 0 fully saturated rings. The Balaban J connectivity index is 2.04. The molecular weight excluding hydrogens is 256 g/mol. The minimum absolute atomic E-state index is 0.525. The summed E-state index contributed by atoms with van der Waals surface area (Å²) in [6.45, 7) is 11.7. The highest BCUT2D eigenvalue weighted by Crippen LogP contribution is 2.22. The van der Waals surface area contributed by atoms with Gasteiger partial charge in [0.1, 0.15) is 0 Å². The van der Waals surface area contributed by atoms with Crippen LogP contribution in [0.15, 0.2) is 72.7 Å². The van der Waals surface area contributed by atoms with E-state index in [0.29, 0.717) is 5.92 Å². The van der Waals surface area contributed by atoms with Gasteiger partial charge in [-0.3, -0.25) is 0 Å². The molecule has 1 atom stereocenters. The Hall–Kier alpha value is -2.22. The van der Waals surface area contributed by atoms with Crippen molar-refractivity contribution in [2.24, 2.45) is 5.92 Å². The van der Waals surface area contributed by atoms with Gasteiger partial charge in [0.05, 0.1) is 0 Å². The molecule has 0 bridgehead atoms. The van der Waals surface area contributed by atoms with Crippen molar-refractivity contribution < 1.29 is 0 Å². The number of hydrogen-bond donors (Lipinski definition) is 2. The van der Waals surface area contributed by atoms with Crippen LogP contribution in [0.2, 0.25) is 0 Å². The molecule has 0 amide bonds. The van der Waals surface area contributed by atoms with Gasteiger partial charge in [0.25, 0.3) is 0 Å². The van der Waals surface area contributed by atoms with Crippen molar-refractivity contribution in [2.75, 3.05) is 5.32 Å². The van der Waals surface area contributed by atoms with Gasteiger partial charge in [-0.25, -0.2) is 0 Å². The molecule has 0 heterocycles. The highest BCUT2D eigenvalue weighted by Gasteiger charge is 2.10. The number of allylic oxidation sites excluding steroid dienone is 5. The van der Waals surface area contributed by atoms with Crippen molar-refractivity contribution in [3.05, 3.63) is 78.3 Å². The van der Waals surface area contributed by atoms with E-state index in [2.05, 4.69) is 66.3 Å². The number of benzene rings is 1. The number of rotatable bonds is 6. The smallest absolute Gasteiger partial charge is 0.0384 e. The van der Waals surface area contributed by atoms with Gasteiger partial charge in [-0.05, 0) is 56.4 Å². The summed E-state index contributed by atoms with van der Waals surface area (Å²) in [6.07, 6.45) is 8.78. The van der Waals surface area contributed by atoms with Crippen LogP contribution in [-0.4, -0.2) is 0 Å². The summed E-state index contributed by atoms with van der Waals surface area (Å²) in [4.78, 5) is 0. The summed E-state index contributed by atoms with van der Waals surface area (Å²) < 4.78 is 0. The Kier molecular flexibility index (Phi) is 5.04. The molecule has 0 aromatic heterocycles. The van der Waals surface area contributed by atoms with Crippen molar-refractivity contribution in [2.45, 2.75) is 26.7 Å². The SMILES string of the molecule is C=C(C)NC1=CC(Cc2cccc(NC(=C)C)c2)CC=C1. The van der Waals surface area contributed by atoms with Gasteiger partial charge in [0.15, 0.2) is 0 Å². The third-order valence-electron chi connectivity index (χ3n) is 3.29. The van der Waals surface area contributed by atoms with E-state index in [4.69, 9.17) is 0 Å². The molecule has 1 aromatic rings. The summed E-state index contributed by atoms with van der Waals surface area (Å²) in [5, 5.41) is 6.56. The minimum Gasteiger partial charge on any atom is -0.360 e. The van der Waals surface area contributed by atoms with Gasteiger partial charge in [-0.15, -0.1) is 0 Å². The van der Waals surface area contributed by atoms with E-state index in [1.54, 1.807) is 0 Å². The van der Waals surface area contributed by atoms with Crippen LogP contribution in [-0.2, 0) is 6.42 Å². The highest BCUT2D eigenvalue weighted by molar-refractivity contribution is 5.49.